The molecule has 1 amide bonds. The summed E-state index contributed by atoms with van der Waals surface area (Å²) < 4.78 is 5.16. The average molecular weight is 297 g/mol. The zero-order valence-electron chi connectivity index (χ0n) is 12.3. The number of rotatable bonds is 3. The molecule has 0 fully saturated rings. The summed E-state index contributed by atoms with van der Waals surface area (Å²) in [6, 6.07) is 8.62. The van der Waals surface area contributed by atoms with Crippen molar-refractivity contribution < 1.29 is 9.21 Å². The van der Waals surface area contributed by atoms with Gasteiger partial charge < -0.3 is 9.73 Å². The number of fused-ring (bicyclic) bond motifs is 1. The highest BCUT2D eigenvalue weighted by atomic mass is 16.4. The van der Waals surface area contributed by atoms with Gasteiger partial charge in [0.1, 0.15) is 11.1 Å². The lowest BCUT2D eigenvalue weighted by atomic mass is 10.1. The Labute approximate surface area is 126 Å². The van der Waals surface area contributed by atoms with E-state index in [1.807, 2.05) is 19.9 Å². The molecule has 6 heteroatoms. The van der Waals surface area contributed by atoms with Crippen LogP contribution in [-0.4, -0.2) is 16.1 Å². The second-order valence-electron chi connectivity index (χ2n) is 5.08. The highest BCUT2D eigenvalue weighted by molar-refractivity contribution is 5.96. The van der Waals surface area contributed by atoms with Crippen LogP contribution in [0.3, 0.4) is 0 Å². The van der Waals surface area contributed by atoms with Gasteiger partial charge in [-0.2, -0.15) is 5.10 Å². The van der Waals surface area contributed by atoms with E-state index in [0.29, 0.717) is 17.5 Å². The smallest absolute Gasteiger partial charge is 0.349 e. The summed E-state index contributed by atoms with van der Waals surface area (Å²) in [6.45, 7) is 4.04. The van der Waals surface area contributed by atoms with Crippen molar-refractivity contribution in [2.45, 2.75) is 20.4 Å². The summed E-state index contributed by atoms with van der Waals surface area (Å²) in [5.74, 6) is -0.459. The molecule has 6 nitrogen and oxygen atoms in total. The molecule has 0 saturated carbocycles. The van der Waals surface area contributed by atoms with Crippen LogP contribution in [0.5, 0.6) is 0 Å². The number of H-pyrrole nitrogens is 1. The monoisotopic (exact) mass is 297 g/mol. The fourth-order valence-corrected chi connectivity index (χ4v) is 2.32. The zero-order valence-corrected chi connectivity index (χ0v) is 12.3. The maximum atomic E-state index is 12.2. The van der Waals surface area contributed by atoms with Gasteiger partial charge >= 0.3 is 5.63 Å². The van der Waals surface area contributed by atoms with Gasteiger partial charge in [0.25, 0.3) is 5.91 Å². The minimum Gasteiger partial charge on any atom is -0.422 e. The standard InChI is InChI=1S/C16H15N3O3/c1-9-13(10(2)19-18-9)8-17-15(20)12-7-11-5-3-4-6-14(11)22-16(12)21/h3-7H,8H2,1-2H3,(H,17,20)(H,18,19). The van der Waals surface area contributed by atoms with E-state index in [2.05, 4.69) is 15.5 Å². The Balaban J connectivity index is 1.86. The summed E-state index contributed by atoms with van der Waals surface area (Å²) in [4.78, 5) is 24.1. The van der Waals surface area contributed by atoms with Crippen molar-refractivity contribution in [2.24, 2.45) is 0 Å². The van der Waals surface area contributed by atoms with Crippen molar-refractivity contribution >= 4 is 16.9 Å². The number of hydrogen-bond acceptors (Lipinski definition) is 4. The first kappa shape index (κ1) is 14.1. The fourth-order valence-electron chi connectivity index (χ4n) is 2.32. The van der Waals surface area contributed by atoms with Crippen molar-refractivity contribution in [3.63, 3.8) is 0 Å². The Morgan fingerprint density at radius 2 is 2.09 bits per heavy atom. The normalized spacial score (nSPS) is 10.8. The number of nitrogens with zero attached hydrogens (tertiary/aromatic N) is 1. The van der Waals surface area contributed by atoms with Crippen LogP contribution in [0.15, 0.2) is 39.5 Å². The Kier molecular flexibility index (Phi) is 3.50. The third-order valence-electron chi connectivity index (χ3n) is 3.59. The number of carbonyl (C=O) groups is 1. The molecule has 0 atom stereocenters. The van der Waals surface area contributed by atoms with Crippen molar-refractivity contribution in [3.8, 4) is 0 Å². The van der Waals surface area contributed by atoms with Gasteiger partial charge in [0.05, 0.1) is 5.69 Å². The molecule has 0 aliphatic carbocycles. The number of aromatic nitrogens is 2. The van der Waals surface area contributed by atoms with E-state index in [1.165, 1.54) is 0 Å². The Morgan fingerprint density at radius 3 is 2.82 bits per heavy atom. The SMILES string of the molecule is Cc1n[nH]c(C)c1CNC(=O)c1cc2ccccc2oc1=O. The van der Waals surface area contributed by atoms with Crippen molar-refractivity contribution in [1.82, 2.24) is 15.5 Å². The fraction of sp³-hybridized carbons (Fsp3) is 0.188. The highest BCUT2D eigenvalue weighted by Crippen LogP contribution is 2.13. The predicted octanol–water partition coefficient (Wildman–Crippen LogP) is 2.06. The number of para-hydroxylation sites is 1. The van der Waals surface area contributed by atoms with Crippen LogP contribution >= 0.6 is 0 Å². The number of amides is 1. The third-order valence-corrected chi connectivity index (χ3v) is 3.59. The quantitative estimate of drug-likeness (QED) is 0.724. The third kappa shape index (κ3) is 2.50. The minimum atomic E-state index is -0.642. The summed E-state index contributed by atoms with van der Waals surface area (Å²) in [6.07, 6.45) is 0. The molecule has 3 rings (SSSR count). The maximum Gasteiger partial charge on any atom is 0.349 e. The number of benzene rings is 1. The zero-order chi connectivity index (χ0) is 15.7. The first-order valence-electron chi connectivity index (χ1n) is 6.88. The molecule has 22 heavy (non-hydrogen) atoms. The lowest BCUT2D eigenvalue weighted by molar-refractivity contribution is 0.0947. The highest BCUT2D eigenvalue weighted by Gasteiger charge is 2.14. The lowest BCUT2D eigenvalue weighted by Crippen LogP contribution is -2.28. The number of nitrogens with one attached hydrogen (secondary N) is 2. The molecule has 0 radical (unpaired) electrons. The van der Waals surface area contributed by atoms with Crippen LogP contribution < -0.4 is 10.9 Å². The van der Waals surface area contributed by atoms with E-state index in [0.717, 1.165) is 17.0 Å². The van der Waals surface area contributed by atoms with Gasteiger partial charge in [0.15, 0.2) is 0 Å². The average Bonchev–Trinajstić information content (AvgIpc) is 2.83. The van der Waals surface area contributed by atoms with E-state index < -0.39 is 11.5 Å². The van der Waals surface area contributed by atoms with E-state index in [9.17, 15) is 9.59 Å². The number of aryl methyl sites for hydroxylation is 2. The topological polar surface area (TPSA) is 88.0 Å². The van der Waals surface area contributed by atoms with Crippen molar-refractivity contribution in [2.75, 3.05) is 0 Å². The Bertz CT molecular complexity index is 889. The molecule has 0 aliphatic heterocycles. The largest absolute Gasteiger partial charge is 0.422 e. The molecule has 0 spiro atoms. The predicted molar refractivity (Wildman–Crippen MR) is 81.7 cm³/mol. The molecule has 0 saturated heterocycles. The molecule has 2 N–H and O–H groups in total. The molecule has 0 bridgehead atoms. The van der Waals surface area contributed by atoms with E-state index in [1.54, 1.807) is 24.3 Å². The maximum absolute atomic E-state index is 12.2. The Morgan fingerprint density at radius 1 is 1.32 bits per heavy atom. The molecule has 3 aromatic rings. The van der Waals surface area contributed by atoms with Gasteiger partial charge in [0, 0.05) is 23.2 Å². The number of hydrogen-bond donors (Lipinski definition) is 2. The molecule has 2 heterocycles. The van der Waals surface area contributed by atoms with Crippen LogP contribution in [0.2, 0.25) is 0 Å². The second kappa shape index (κ2) is 5.48. The van der Waals surface area contributed by atoms with E-state index in [4.69, 9.17) is 4.42 Å². The molecule has 112 valence electrons. The second-order valence-corrected chi connectivity index (χ2v) is 5.08. The van der Waals surface area contributed by atoms with Gasteiger partial charge in [-0.05, 0) is 26.0 Å². The van der Waals surface area contributed by atoms with E-state index >= 15 is 0 Å². The molecular formula is C16H15N3O3. The van der Waals surface area contributed by atoms with Crippen LogP contribution in [0.1, 0.15) is 27.3 Å². The van der Waals surface area contributed by atoms with Crippen LogP contribution in [0.25, 0.3) is 11.0 Å². The summed E-state index contributed by atoms with van der Waals surface area (Å²) in [7, 11) is 0. The molecule has 0 unspecified atom stereocenters. The molecule has 0 aliphatic rings. The van der Waals surface area contributed by atoms with Gasteiger partial charge in [-0.25, -0.2) is 4.79 Å². The van der Waals surface area contributed by atoms with Crippen molar-refractivity contribution in [1.29, 1.82) is 0 Å². The lowest BCUT2D eigenvalue weighted by Gasteiger charge is -2.05. The Hall–Kier alpha value is -2.89. The summed E-state index contributed by atoms with van der Waals surface area (Å²) >= 11 is 0. The van der Waals surface area contributed by atoms with Crippen molar-refractivity contribution in [3.05, 3.63) is 63.3 Å². The van der Waals surface area contributed by atoms with Crippen LogP contribution in [-0.2, 0) is 6.54 Å². The van der Waals surface area contributed by atoms with E-state index in [-0.39, 0.29) is 5.56 Å². The van der Waals surface area contributed by atoms with Gasteiger partial charge in [-0.3, -0.25) is 9.89 Å². The number of carbonyl (C=O) groups excluding carboxylic acids is 1. The van der Waals surface area contributed by atoms with Gasteiger partial charge in [-0.15, -0.1) is 0 Å². The number of aromatic amines is 1. The first-order valence-corrected chi connectivity index (χ1v) is 6.88. The molecule has 1 aromatic carbocycles. The molecular weight excluding hydrogens is 282 g/mol. The first-order chi connectivity index (χ1) is 10.6. The van der Waals surface area contributed by atoms with Gasteiger partial charge in [-0.1, -0.05) is 18.2 Å². The van der Waals surface area contributed by atoms with Crippen LogP contribution in [0.4, 0.5) is 0 Å². The van der Waals surface area contributed by atoms with Gasteiger partial charge in [0.2, 0.25) is 0 Å². The summed E-state index contributed by atoms with van der Waals surface area (Å²) in [5, 5.41) is 10.4. The summed E-state index contributed by atoms with van der Waals surface area (Å²) in [5.41, 5.74) is 2.45. The molecule has 2 aromatic heterocycles. The minimum absolute atomic E-state index is 0.00231. The van der Waals surface area contributed by atoms with Crippen LogP contribution in [0, 0.1) is 13.8 Å².